The van der Waals surface area contributed by atoms with Gasteiger partial charge in [0.1, 0.15) is 5.56 Å². The third kappa shape index (κ3) is 4.27. The van der Waals surface area contributed by atoms with E-state index in [2.05, 4.69) is 4.98 Å². The summed E-state index contributed by atoms with van der Waals surface area (Å²) < 4.78 is 0. The van der Waals surface area contributed by atoms with Crippen LogP contribution in [-0.2, 0) is 11.3 Å². The van der Waals surface area contributed by atoms with Crippen LogP contribution < -0.4 is 5.43 Å². The van der Waals surface area contributed by atoms with Crippen LogP contribution in [0.15, 0.2) is 47.4 Å². The van der Waals surface area contributed by atoms with Gasteiger partial charge in [0.15, 0.2) is 5.43 Å². The van der Waals surface area contributed by atoms with Crippen LogP contribution in [0.25, 0.3) is 0 Å². The number of aryl methyl sites for hydroxylation is 1. The highest BCUT2D eigenvalue weighted by Crippen LogP contribution is 2.18. The Morgan fingerprint density at radius 1 is 1.22 bits per heavy atom. The van der Waals surface area contributed by atoms with Crippen molar-refractivity contribution in [1.29, 1.82) is 0 Å². The molecule has 3 rings (SSSR count). The molecule has 0 spiro atoms. The minimum atomic E-state index is -0.316. The fourth-order valence-corrected chi connectivity index (χ4v) is 3.46. The molecule has 1 aromatic carbocycles. The quantitative estimate of drug-likeness (QED) is 0.901. The molecule has 142 valence electrons. The van der Waals surface area contributed by atoms with Gasteiger partial charge < -0.3 is 14.8 Å². The minimum absolute atomic E-state index is 0.0406. The summed E-state index contributed by atoms with van der Waals surface area (Å²) in [5, 5.41) is 0. The van der Waals surface area contributed by atoms with Crippen LogP contribution >= 0.6 is 0 Å². The summed E-state index contributed by atoms with van der Waals surface area (Å²) in [6, 6.07) is 11.2. The second kappa shape index (κ2) is 8.20. The van der Waals surface area contributed by atoms with Gasteiger partial charge in [0, 0.05) is 50.1 Å². The molecule has 1 fully saturated rings. The number of hydrogen-bond acceptors (Lipinski definition) is 3. The summed E-state index contributed by atoms with van der Waals surface area (Å²) in [5.74, 6) is -0.275. The Hall–Kier alpha value is -2.89. The van der Waals surface area contributed by atoms with Gasteiger partial charge in [0.05, 0.1) is 0 Å². The van der Waals surface area contributed by atoms with Crippen molar-refractivity contribution >= 4 is 11.8 Å². The zero-order chi connectivity index (χ0) is 19.4. The predicted octanol–water partition coefficient (Wildman–Crippen LogP) is 2.34. The molecule has 0 radical (unpaired) electrons. The van der Waals surface area contributed by atoms with Gasteiger partial charge in [-0.15, -0.1) is 0 Å². The largest absolute Gasteiger partial charge is 0.364 e. The fraction of sp³-hybridized carbons (Fsp3) is 0.381. The third-order valence-corrected chi connectivity index (χ3v) is 5.03. The van der Waals surface area contributed by atoms with Crippen molar-refractivity contribution < 1.29 is 9.59 Å². The predicted molar refractivity (Wildman–Crippen MR) is 103 cm³/mol. The molecule has 1 aromatic heterocycles. The maximum Gasteiger partial charge on any atom is 0.259 e. The van der Waals surface area contributed by atoms with Crippen LogP contribution in [0.1, 0.15) is 41.4 Å². The van der Waals surface area contributed by atoms with Crippen LogP contribution in [0.5, 0.6) is 0 Å². The topological polar surface area (TPSA) is 73.5 Å². The third-order valence-electron chi connectivity index (χ3n) is 5.03. The number of aromatic amines is 1. The Kier molecular flexibility index (Phi) is 5.74. The van der Waals surface area contributed by atoms with Crippen LogP contribution in [0.3, 0.4) is 0 Å². The van der Waals surface area contributed by atoms with E-state index in [1.165, 1.54) is 12.3 Å². The maximum atomic E-state index is 12.9. The average molecular weight is 367 g/mol. The van der Waals surface area contributed by atoms with Gasteiger partial charge in [0.25, 0.3) is 5.91 Å². The van der Waals surface area contributed by atoms with E-state index in [0.717, 1.165) is 12.0 Å². The van der Waals surface area contributed by atoms with Gasteiger partial charge in [-0.25, -0.2) is 0 Å². The molecule has 1 saturated heterocycles. The zero-order valence-electron chi connectivity index (χ0n) is 15.8. The van der Waals surface area contributed by atoms with Crippen molar-refractivity contribution in [2.24, 2.45) is 0 Å². The lowest BCUT2D eigenvalue weighted by atomic mass is 10.1. The standard InChI is InChI=1S/C21H25N3O3/c1-3-17-14-23(21(27)18-12-22-15(2)11-19(18)25)10-9-20(26)24(17)13-16-7-5-4-6-8-16/h4-8,11-12,17H,3,9-10,13-14H2,1-2H3,(H,22,25)/t17-/m1/s1. The first-order valence-electron chi connectivity index (χ1n) is 9.31. The number of H-pyrrole nitrogens is 1. The Labute approximate surface area is 158 Å². The molecule has 0 bridgehead atoms. The highest BCUT2D eigenvalue weighted by atomic mass is 16.2. The van der Waals surface area contributed by atoms with Crippen LogP contribution in [0, 0.1) is 6.92 Å². The Morgan fingerprint density at radius 2 is 1.96 bits per heavy atom. The number of aromatic nitrogens is 1. The van der Waals surface area contributed by atoms with E-state index in [9.17, 15) is 14.4 Å². The Balaban J connectivity index is 1.81. The highest BCUT2D eigenvalue weighted by molar-refractivity contribution is 5.94. The highest BCUT2D eigenvalue weighted by Gasteiger charge is 2.31. The number of amides is 2. The first-order valence-corrected chi connectivity index (χ1v) is 9.31. The maximum absolute atomic E-state index is 12.9. The summed E-state index contributed by atoms with van der Waals surface area (Å²) in [7, 11) is 0. The monoisotopic (exact) mass is 367 g/mol. The molecule has 1 N–H and O–H groups in total. The summed E-state index contributed by atoms with van der Waals surface area (Å²) >= 11 is 0. The zero-order valence-corrected chi connectivity index (χ0v) is 15.8. The first-order chi connectivity index (χ1) is 13.0. The van der Waals surface area contributed by atoms with E-state index in [1.807, 2.05) is 42.2 Å². The van der Waals surface area contributed by atoms with Crippen molar-refractivity contribution in [1.82, 2.24) is 14.8 Å². The van der Waals surface area contributed by atoms with Gasteiger partial charge in [-0.1, -0.05) is 37.3 Å². The summed E-state index contributed by atoms with van der Waals surface area (Å²) in [4.78, 5) is 44.2. The number of carbonyl (C=O) groups is 2. The number of nitrogens with one attached hydrogen (secondary N) is 1. The van der Waals surface area contributed by atoms with Crippen molar-refractivity contribution in [2.45, 2.75) is 39.3 Å². The molecule has 2 amide bonds. The molecule has 2 heterocycles. The van der Waals surface area contributed by atoms with Crippen LogP contribution in [-0.4, -0.2) is 45.7 Å². The van der Waals surface area contributed by atoms with Crippen molar-refractivity contribution in [2.75, 3.05) is 13.1 Å². The number of hydrogen-bond donors (Lipinski definition) is 1. The number of benzene rings is 1. The lowest BCUT2D eigenvalue weighted by Gasteiger charge is -2.31. The van der Waals surface area contributed by atoms with Gasteiger partial charge in [-0.05, 0) is 18.9 Å². The SMILES string of the molecule is CC[C@@H]1CN(C(=O)c2c[nH]c(C)cc2=O)CCC(=O)N1Cc1ccccc1. The molecule has 2 aromatic rings. The molecule has 27 heavy (non-hydrogen) atoms. The van der Waals surface area contributed by atoms with Gasteiger partial charge >= 0.3 is 0 Å². The van der Waals surface area contributed by atoms with Gasteiger partial charge in [-0.2, -0.15) is 0 Å². The molecular weight excluding hydrogens is 342 g/mol. The minimum Gasteiger partial charge on any atom is -0.364 e. The molecule has 0 unspecified atom stereocenters. The van der Waals surface area contributed by atoms with E-state index in [4.69, 9.17) is 0 Å². The van der Waals surface area contributed by atoms with E-state index >= 15 is 0 Å². The smallest absolute Gasteiger partial charge is 0.259 e. The first kappa shape index (κ1) is 18.9. The van der Waals surface area contributed by atoms with Crippen molar-refractivity contribution in [3.05, 3.63) is 69.6 Å². The number of carbonyl (C=O) groups excluding carboxylic acids is 2. The number of rotatable bonds is 4. The second-order valence-corrected chi connectivity index (χ2v) is 6.96. The molecule has 1 aliphatic heterocycles. The summed E-state index contributed by atoms with van der Waals surface area (Å²) in [5.41, 5.74) is 1.61. The summed E-state index contributed by atoms with van der Waals surface area (Å²) in [6.07, 6.45) is 2.47. The van der Waals surface area contributed by atoms with Crippen molar-refractivity contribution in [3.63, 3.8) is 0 Å². The lowest BCUT2D eigenvalue weighted by Crippen LogP contribution is -2.44. The summed E-state index contributed by atoms with van der Waals surface area (Å²) in [6.45, 7) is 5.08. The van der Waals surface area contributed by atoms with Crippen LogP contribution in [0.2, 0.25) is 0 Å². The normalized spacial score (nSPS) is 17.7. The number of pyridine rings is 1. The van der Waals surface area contributed by atoms with Crippen LogP contribution in [0.4, 0.5) is 0 Å². The van der Waals surface area contributed by atoms with Gasteiger partial charge in [0.2, 0.25) is 5.91 Å². The lowest BCUT2D eigenvalue weighted by molar-refractivity contribution is -0.133. The van der Waals surface area contributed by atoms with E-state index in [0.29, 0.717) is 25.3 Å². The van der Waals surface area contributed by atoms with E-state index in [1.54, 1.807) is 11.8 Å². The molecule has 6 nitrogen and oxygen atoms in total. The van der Waals surface area contributed by atoms with Gasteiger partial charge in [-0.3, -0.25) is 14.4 Å². The number of nitrogens with zero attached hydrogens (tertiary/aromatic N) is 2. The molecular formula is C21H25N3O3. The van der Waals surface area contributed by atoms with Crippen molar-refractivity contribution in [3.8, 4) is 0 Å². The molecule has 1 atom stereocenters. The molecule has 6 heteroatoms. The van der Waals surface area contributed by atoms with E-state index in [-0.39, 0.29) is 35.3 Å². The van der Waals surface area contributed by atoms with E-state index < -0.39 is 0 Å². The average Bonchev–Trinajstić information content (AvgIpc) is 2.82. The Morgan fingerprint density at radius 3 is 2.63 bits per heavy atom. The molecule has 0 saturated carbocycles. The fourth-order valence-electron chi connectivity index (χ4n) is 3.46. The Bertz CT molecular complexity index is 876. The molecule has 0 aliphatic carbocycles. The second-order valence-electron chi connectivity index (χ2n) is 6.96. The molecule has 1 aliphatic rings.